The lowest BCUT2D eigenvalue weighted by Crippen LogP contribution is -2.49. The van der Waals surface area contributed by atoms with Crippen LogP contribution >= 0.6 is 0 Å². The van der Waals surface area contributed by atoms with E-state index in [1.54, 1.807) is 19.9 Å². The normalized spacial score (nSPS) is 17.6. The monoisotopic (exact) mass is 443 g/mol. The van der Waals surface area contributed by atoms with Crippen LogP contribution in [0.3, 0.4) is 0 Å². The number of Topliss-reactive ketones (excluding diaryl/α,β-unsaturated/α-hetero) is 2. The highest BCUT2D eigenvalue weighted by molar-refractivity contribution is 7.89. The molecule has 1 saturated heterocycles. The summed E-state index contributed by atoms with van der Waals surface area (Å²) in [5.74, 6) is -0.140. The van der Waals surface area contributed by atoms with E-state index in [1.807, 2.05) is 17.0 Å². The molecule has 0 bridgehead atoms. The van der Waals surface area contributed by atoms with Crippen LogP contribution in [0.4, 0.5) is 0 Å². The van der Waals surface area contributed by atoms with Crippen molar-refractivity contribution in [1.82, 2.24) is 14.2 Å². The predicted molar refractivity (Wildman–Crippen MR) is 118 cm³/mol. The molecule has 4 rings (SSSR count). The Balaban J connectivity index is 1.40. The maximum Gasteiger partial charge on any atom is 0.243 e. The summed E-state index contributed by atoms with van der Waals surface area (Å²) in [6.07, 6.45) is 3.05. The summed E-state index contributed by atoms with van der Waals surface area (Å²) in [5.41, 5.74) is 4.84. The molecule has 1 N–H and O–H groups in total. The van der Waals surface area contributed by atoms with Crippen molar-refractivity contribution in [2.75, 3.05) is 32.7 Å². The molecule has 2 aliphatic rings. The number of carbonyl (C=O) groups is 2. The Hall–Kier alpha value is -2.29. The van der Waals surface area contributed by atoms with Crippen LogP contribution in [0, 0.1) is 13.8 Å². The van der Waals surface area contributed by atoms with Crippen LogP contribution in [-0.2, 0) is 22.9 Å². The molecule has 2 aromatic rings. The summed E-state index contributed by atoms with van der Waals surface area (Å²) in [7, 11) is -3.53. The van der Waals surface area contributed by atoms with E-state index in [1.165, 1.54) is 16.8 Å². The molecule has 0 unspecified atom stereocenters. The lowest BCUT2D eigenvalue weighted by molar-refractivity contribution is 0.0896. The second kappa shape index (κ2) is 8.33. The number of piperazine rings is 1. The van der Waals surface area contributed by atoms with Crippen molar-refractivity contribution in [2.24, 2.45) is 0 Å². The van der Waals surface area contributed by atoms with E-state index in [2.05, 4.69) is 4.98 Å². The number of H-pyrrole nitrogens is 1. The van der Waals surface area contributed by atoms with Crippen LogP contribution in [0.5, 0.6) is 0 Å². The number of fused-ring (bicyclic) bond motifs is 1. The Morgan fingerprint density at radius 1 is 1.03 bits per heavy atom. The van der Waals surface area contributed by atoms with Crippen LogP contribution in [0.1, 0.15) is 56.6 Å². The first-order valence-corrected chi connectivity index (χ1v) is 12.2. The Kier molecular flexibility index (Phi) is 5.89. The molecule has 1 aromatic heterocycles. The molecule has 0 atom stereocenters. The standard InChI is InChI=1S/C23H29N3O4S/c1-15-22(17(3)27)16(2)24-23(15)21(28)14-25-9-11-26(12-10-25)31(29,30)20-8-7-18-5-4-6-19(18)13-20/h7-8,13,24H,4-6,9-12,14H2,1-3H3. The zero-order valence-electron chi connectivity index (χ0n) is 18.3. The van der Waals surface area contributed by atoms with Crippen LogP contribution in [0.25, 0.3) is 0 Å². The van der Waals surface area contributed by atoms with Crippen molar-refractivity contribution < 1.29 is 18.0 Å². The average Bonchev–Trinajstić information content (AvgIpc) is 3.31. The summed E-state index contributed by atoms with van der Waals surface area (Å²) < 4.78 is 27.7. The maximum atomic E-state index is 13.1. The number of aromatic nitrogens is 1. The highest BCUT2D eigenvalue weighted by Crippen LogP contribution is 2.27. The molecular formula is C23H29N3O4S. The maximum absolute atomic E-state index is 13.1. The van der Waals surface area contributed by atoms with Crippen molar-refractivity contribution in [3.05, 3.63) is 51.8 Å². The first-order valence-electron chi connectivity index (χ1n) is 10.8. The number of sulfonamides is 1. The number of nitrogens with zero attached hydrogens (tertiary/aromatic N) is 2. The number of nitrogens with one attached hydrogen (secondary N) is 1. The third kappa shape index (κ3) is 4.12. The second-order valence-corrected chi connectivity index (χ2v) is 10.5. The van der Waals surface area contributed by atoms with Gasteiger partial charge in [-0.15, -0.1) is 0 Å². The van der Waals surface area contributed by atoms with E-state index in [0.29, 0.717) is 53.6 Å². The van der Waals surface area contributed by atoms with Crippen LogP contribution in [0.2, 0.25) is 0 Å². The van der Waals surface area contributed by atoms with Gasteiger partial charge >= 0.3 is 0 Å². The Morgan fingerprint density at radius 3 is 2.35 bits per heavy atom. The minimum atomic E-state index is -3.53. The highest BCUT2D eigenvalue weighted by Gasteiger charge is 2.30. The third-order valence-electron chi connectivity index (χ3n) is 6.47. The van der Waals surface area contributed by atoms with E-state index in [9.17, 15) is 18.0 Å². The number of benzene rings is 1. The molecule has 8 heteroatoms. The zero-order chi connectivity index (χ0) is 22.3. The molecular weight excluding hydrogens is 414 g/mol. The van der Waals surface area contributed by atoms with E-state index in [0.717, 1.165) is 24.8 Å². The van der Waals surface area contributed by atoms with Crippen molar-refractivity contribution in [3.8, 4) is 0 Å². The SMILES string of the molecule is CC(=O)c1c(C)[nH]c(C(=O)CN2CCN(S(=O)(=O)c3ccc4c(c3)CCC4)CC2)c1C. The number of hydrogen-bond donors (Lipinski definition) is 1. The molecule has 166 valence electrons. The fourth-order valence-corrected chi connectivity index (χ4v) is 6.30. The number of carbonyl (C=O) groups excluding carboxylic acids is 2. The largest absolute Gasteiger partial charge is 0.355 e. The fraction of sp³-hybridized carbons (Fsp3) is 0.478. The van der Waals surface area contributed by atoms with Gasteiger partial charge in [-0.3, -0.25) is 14.5 Å². The van der Waals surface area contributed by atoms with Crippen LogP contribution in [-0.4, -0.2) is 66.9 Å². The van der Waals surface area contributed by atoms with Crippen molar-refractivity contribution >= 4 is 21.6 Å². The first-order chi connectivity index (χ1) is 14.7. The molecule has 1 aliphatic heterocycles. The molecule has 7 nitrogen and oxygen atoms in total. The fourth-order valence-electron chi connectivity index (χ4n) is 4.82. The number of rotatable bonds is 6. The molecule has 0 amide bonds. The van der Waals surface area contributed by atoms with Gasteiger partial charge in [-0.05, 0) is 68.9 Å². The lowest BCUT2D eigenvalue weighted by Gasteiger charge is -2.33. The van der Waals surface area contributed by atoms with Gasteiger partial charge in [0.2, 0.25) is 10.0 Å². The minimum Gasteiger partial charge on any atom is -0.355 e. The molecule has 0 spiro atoms. The minimum absolute atomic E-state index is 0.0596. The smallest absolute Gasteiger partial charge is 0.243 e. The Morgan fingerprint density at radius 2 is 1.71 bits per heavy atom. The number of ketones is 2. The summed E-state index contributed by atoms with van der Waals surface area (Å²) in [4.78, 5) is 30.0. The van der Waals surface area contributed by atoms with Crippen molar-refractivity contribution in [2.45, 2.75) is 44.9 Å². The first kappa shape index (κ1) is 21.9. The lowest BCUT2D eigenvalue weighted by atomic mass is 10.1. The molecule has 0 radical (unpaired) electrons. The van der Waals surface area contributed by atoms with Gasteiger partial charge in [-0.1, -0.05) is 6.07 Å². The van der Waals surface area contributed by atoms with E-state index in [4.69, 9.17) is 0 Å². The third-order valence-corrected chi connectivity index (χ3v) is 8.37. The topological polar surface area (TPSA) is 90.6 Å². The molecule has 1 aromatic carbocycles. The number of aryl methyl sites for hydroxylation is 3. The van der Waals surface area contributed by atoms with Crippen molar-refractivity contribution in [3.63, 3.8) is 0 Å². The molecule has 31 heavy (non-hydrogen) atoms. The van der Waals surface area contributed by atoms with Gasteiger partial charge < -0.3 is 4.98 Å². The average molecular weight is 444 g/mol. The van der Waals surface area contributed by atoms with Crippen LogP contribution < -0.4 is 0 Å². The van der Waals surface area contributed by atoms with Gasteiger partial charge in [0.15, 0.2) is 11.6 Å². The van der Waals surface area contributed by atoms with Gasteiger partial charge in [0, 0.05) is 37.4 Å². The quantitative estimate of drug-likeness (QED) is 0.693. The van der Waals surface area contributed by atoms with Gasteiger partial charge in [0.25, 0.3) is 0 Å². The summed E-state index contributed by atoms with van der Waals surface area (Å²) in [5, 5.41) is 0. The number of hydrogen-bond acceptors (Lipinski definition) is 5. The highest BCUT2D eigenvalue weighted by atomic mass is 32.2. The predicted octanol–water partition coefficient (Wildman–Crippen LogP) is 2.51. The summed E-state index contributed by atoms with van der Waals surface area (Å²) in [6.45, 7) is 6.98. The van der Waals surface area contributed by atoms with E-state index < -0.39 is 10.0 Å². The van der Waals surface area contributed by atoms with E-state index in [-0.39, 0.29) is 18.1 Å². The van der Waals surface area contributed by atoms with Gasteiger partial charge in [0.05, 0.1) is 17.1 Å². The van der Waals surface area contributed by atoms with Gasteiger partial charge in [0.1, 0.15) is 0 Å². The summed E-state index contributed by atoms with van der Waals surface area (Å²) >= 11 is 0. The number of aromatic amines is 1. The second-order valence-electron chi connectivity index (χ2n) is 8.57. The molecule has 1 fully saturated rings. The summed E-state index contributed by atoms with van der Waals surface area (Å²) in [6, 6.07) is 5.50. The van der Waals surface area contributed by atoms with Gasteiger partial charge in [-0.2, -0.15) is 4.31 Å². The molecule has 2 heterocycles. The molecule has 1 aliphatic carbocycles. The zero-order valence-corrected chi connectivity index (χ0v) is 19.1. The van der Waals surface area contributed by atoms with Crippen molar-refractivity contribution in [1.29, 1.82) is 0 Å². The van der Waals surface area contributed by atoms with Crippen LogP contribution in [0.15, 0.2) is 23.1 Å². The molecule has 0 saturated carbocycles. The van der Waals surface area contributed by atoms with Gasteiger partial charge in [-0.25, -0.2) is 8.42 Å². The van der Waals surface area contributed by atoms with E-state index >= 15 is 0 Å². The Bertz CT molecular complexity index is 1140. The Labute approximate surface area is 183 Å².